The number of hydrogen-bond donors (Lipinski definition) is 0. The summed E-state index contributed by atoms with van der Waals surface area (Å²) in [4.78, 5) is 4.26. The van der Waals surface area contributed by atoms with Gasteiger partial charge in [-0.3, -0.25) is 0 Å². The highest BCUT2D eigenvalue weighted by molar-refractivity contribution is 7.12. The average Bonchev–Trinajstić information content (AvgIpc) is 2.98. The molecule has 22 heavy (non-hydrogen) atoms. The number of benzene rings is 1. The van der Waals surface area contributed by atoms with E-state index in [1.165, 1.54) is 5.69 Å². The van der Waals surface area contributed by atoms with Gasteiger partial charge in [-0.1, -0.05) is 18.2 Å². The minimum atomic E-state index is -0.561. The van der Waals surface area contributed by atoms with E-state index in [-0.39, 0.29) is 0 Å². The van der Waals surface area contributed by atoms with Crippen LogP contribution in [-0.4, -0.2) is 14.1 Å². The molecule has 0 fully saturated rings. The molecule has 0 unspecified atom stereocenters. The van der Waals surface area contributed by atoms with Crippen LogP contribution in [0, 0.1) is 28.6 Å². The fourth-order valence-electron chi connectivity index (χ4n) is 1.98. The van der Waals surface area contributed by atoms with Gasteiger partial charge in [0.15, 0.2) is 0 Å². The molecule has 0 N–H and O–H groups in total. The van der Waals surface area contributed by atoms with Gasteiger partial charge in [0.1, 0.15) is 5.92 Å². The summed E-state index contributed by atoms with van der Waals surface area (Å²) in [6.07, 6.45) is 4.64. The normalized spacial score (nSPS) is 10.6. The summed E-state index contributed by atoms with van der Waals surface area (Å²) >= 11 is 1.62. The van der Waals surface area contributed by atoms with Crippen molar-refractivity contribution in [3.05, 3.63) is 51.7 Å². The van der Waals surface area contributed by atoms with Crippen molar-refractivity contribution in [3.8, 4) is 12.1 Å². The molecule has 4 heteroatoms. The first-order valence-corrected chi connectivity index (χ1v) is 7.77. The van der Waals surface area contributed by atoms with E-state index in [9.17, 15) is 0 Å². The molecule has 0 aliphatic carbocycles. The van der Waals surface area contributed by atoms with Crippen LogP contribution in [0.5, 0.6) is 0 Å². The van der Waals surface area contributed by atoms with E-state index in [4.69, 9.17) is 10.5 Å². The van der Waals surface area contributed by atoms with E-state index in [1.54, 1.807) is 11.3 Å². The highest BCUT2D eigenvalue weighted by Gasteiger charge is 2.08. The Balaban J connectivity index is 2.03. The largest absolute Gasteiger partial charge is 0.378 e. The van der Waals surface area contributed by atoms with Crippen molar-refractivity contribution in [2.45, 2.75) is 6.42 Å². The molecule has 0 aliphatic heterocycles. The van der Waals surface area contributed by atoms with Crippen LogP contribution >= 0.6 is 11.3 Å². The van der Waals surface area contributed by atoms with E-state index < -0.39 is 5.92 Å². The van der Waals surface area contributed by atoms with Crippen LogP contribution in [0.1, 0.15) is 15.3 Å². The fraction of sp³-hybridized carbons (Fsp3) is 0.222. The van der Waals surface area contributed by atoms with E-state index in [0.717, 1.165) is 15.3 Å². The predicted molar refractivity (Wildman–Crippen MR) is 92.4 cm³/mol. The van der Waals surface area contributed by atoms with Crippen LogP contribution in [0.3, 0.4) is 0 Å². The first kappa shape index (κ1) is 15.8. The smallest absolute Gasteiger partial charge is 0.138 e. The molecule has 0 bridgehead atoms. The topological polar surface area (TPSA) is 50.8 Å². The zero-order valence-corrected chi connectivity index (χ0v) is 13.5. The van der Waals surface area contributed by atoms with Gasteiger partial charge in [-0.05, 0) is 35.9 Å². The highest BCUT2D eigenvalue weighted by Crippen LogP contribution is 2.22. The maximum absolute atomic E-state index is 8.82. The molecule has 0 radical (unpaired) electrons. The first-order valence-electron chi connectivity index (χ1n) is 6.96. The van der Waals surface area contributed by atoms with Gasteiger partial charge in [-0.25, -0.2) is 0 Å². The molecule has 2 aromatic rings. The summed E-state index contributed by atoms with van der Waals surface area (Å²) in [5.74, 6) is -0.561. The molecule has 0 saturated carbocycles. The molecule has 0 atom stereocenters. The van der Waals surface area contributed by atoms with Gasteiger partial charge in [-0.15, -0.1) is 11.3 Å². The Labute approximate surface area is 135 Å². The summed E-state index contributed by atoms with van der Waals surface area (Å²) in [5, 5.41) is 17.6. The van der Waals surface area contributed by atoms with Gasteiger partial charge in [0.05, 0.1) is 12.1 Å². The summed E-state index contributed by atoms with van der Waals surface area (Å²) in [5.41, 5.74) is 2.32. The molecule has 1 aromatic heterocycles. The van der Waals surface area contributed by atoms with Crippen LogP contribution in [0.2, 0.25) is 0 Å². The molecule has 0 aliphatic rings. The fourth-order valence-corrected chi connectivity index (χ4v) is 2.94. The molecule has 2 rings (SSSR count). The van der Waals surface area contributed by atoms with Crippen LogP contribution < -0.4 is 4.90 Å². The Hall–Kier alpha value is -2.56. The summed E-state index contributed by atoms with van der Waals surface area (Å²) in [6, 6.07) is 16.4. The van der Waals surface area contributed by atoms with E-state index in [1.807, 2.05) is 38.4 Å². The Bertz CT molecular complexity index is 713. The molecule has 0 amide bonds. The predicted octanol–water partition coefficient (Wildman–Crippen LogP) is 4.19. The van der Waals surface area contributed by atoms with E-state index in [2.05, 4.69) is 41.3 Å². The molecular weight excluding hydrogens is 290 g/mol. The zero-order valence-electron chi connectivity index (χ0n) is 12.7. The lowest BCUT2D eigenvalue weighted by molar-refractivity contribution is 0.847. The van der Waals surface area contributed by atoms with Gasteiger partial charge in [0, 0.05) is 36.0 Å². The molecule has 0 saturated heterocycles. The van der Waals surface area contributed by atoms with Crippen LogP contribution in [0.4, 0.5) is 5.69 Å². The molecule has 1 heterocycles. The lowest BCUT2D eigenvalue weighted by Gasteiger charge is -2.11. The Morgan fingerprint density at radius 2 is 1.73 bits per heavy atom. The highest BCUT2D eigenvalue weighted by atomic mass is 32.1. The number of anilines is 1. The van der Waals surface area contributed by atoms with Crippen LogP contribution in [0.15, 0.2) is 36.4 Å². The van der Waals surface area contributed by atoms with Crippen molar-refractivity contribution in [1.29, 1.82) is 10.5 Å². The maximum Gasteiger partial charge on any atom is 0.138 e. The maximum atomic E-state index is 8.82. The lowest BCUT2D eigenvalue weighted by atomic mass is 10.1. The van der Waals surface area contributed by atoms with Crippen molar-refractivity contribution >= 4 is 29.2 Å². The number of rotatable bonds is 5. The third kappa shape index (κ3) is 4.22. The monoisotopic (exact) mass is 307 g/mol. The van der Waals surface area contributed by atoms with Crippen molar-refractivity contribution in [3.63, 3.8) is 0 Å². The summed E-state index contributed by atoms with van der Waals surface area (Å²) < 4.78 is 0. The second-order valence-electron chi connectivity index (χ2n) is 5.14. The van der Waals surface area contributed by atoms with Gasteiger partial charge < -0.3 is 4.90 Å². The number of hydrogen-bond acceptors (Lipinski definition) is 4. The summed E-state index contributed by atoms with van der Waals surface area (Å²) in [6.45, 7) is 0. The molecule has 1 aromatic carbocycles. The van der Waals surface area contributed by atoms with Crippen LogP contribution in [-0.2, 0) is 6.42 Å². The van der Waals surface area contributed by atoms with E-state index >= 15 is 0 Å². The number of thiophene rings is 1. The molecular formula is C18H17N3S. The lowest BCUT2D eigenvalue weighted by Crippen LogP contribution is -2.07. The van der Waals surface area contributed by atoms with Crippen molar-refractivity contribution < 1.29 is 0 Å². The quantitative estimate of drug-likeness (QED) is 0.832. The average molecular weight is 307 g/mol. The van der Waals surface area contributed by atoms with E-state index in [0.29, 0.717) is 6.42 Å². The van der Waals surface area contributed by atoms with Crippen molar-refractivity contribution in [1.82, 2.24) is 0 Å². The third-order valence-electron chi connectivity index (χ3n) is 3.25. The van der Waals surface area contributed by atoms with Crippen LogP contribution in [0.25, 0.3) is 12.2 Å². The van der Waals surface area contributed by atoms with Gasteiger partial charge in [0.2, 0.25) is 0 Å². The zero-order chi connectivity index (χ0) is 15.9. The number of nitriles is 2. The summed E-state index contributed by atoms with van der Waals surface area (Å²) in [7, 11) is 4.04. The Morgan fingerprint density at radius 3 is 2.32 bits per heavy atom. The minimum Gasteiger partial charge on any atom is -0.378 e. The second kappa shape index (κ2) is 7.45. The van der Waals surface area contributed by atoms with Gasteiger partial charge >= 0.3 is 0 Å². The van der Waals surface area contributed by atoms with Gasteiger partial charge in [0.25, 0.3) is 0 Å². The minimum absolute atomic E-state index is 0.503. The third-order valence-corrected chi connectivity index (χ3v) is 4.32. The second-order valence-corrected chi connectivity index (χ2v) is 6.34. The molecule has 0 spiro atoms. The first-order chi connectivity index (χ1) is 10.6. The standard InChI is InChI=1S/C18H17N3S/c1-21(2)16-6-3-14(4-7-16)5-8-17-9-10-18(22-17)11-15(12-19)13-20/h3-10,15H,11H2,1-2H3/b8-5+. The Kier molecular flexibility index (Phi) is 5.36. The Morgan fingerprint density at radius 1 is 1.05 bits per heavy atom. The molecule has 110 valence electrons. The van der Waals surface area contributed by atoms with Crippen molar-refractivity contribution in [2.75, 3.05) is 19.0 Å². The van der Waals surface area contributed by atoms with Gasteiger partial charge in [-0.2, -0.15) is 10.5 Å². The molecule has 3 nitrogen and oxygen atoms in total. The SMILES string of the molecule is CN(C)c1ccc(/C=C/c2ccc(CC(C#N)C#N)s2)cc1. The number of nitrogens with zero attached hydrogens (tertiary/aromatic N) is 3. The van der Waals surface area contributed by atoms with Crippen molar-refractivity contribution in [2.24, 2.45) is 5.92 Å².